The minimum Gasteiger partial charge on any atom is -0.349 e. The number of nitro groups is 1. The Kier molecular flexibility index (Phi) is 7.10. The van der Waals surface area contributed by atoms with E-state index in [0.717, 1.165) is 23.3 Å². The van der Waals surface area contributed by atoms with E-state index in [0.29, 0.717) is 18.7 Å². The highest BCUT2D eigenvalue weighted by molar-refractivity contribution is 8.00. The summed E-state index contributed by atoms with van der Waals surface area (Å²) < 4.78 is 0. The van der Waals surface area contributed by atoms with Crippen LogP contribution in [0, 0.1) is 17.0 Å². The SMILES string of the molecule is Cc1ccccc1C(=O)NC1CCN(C(=O)C(C)Sc2ccc([N+](=O)[O-])cc2)CC1. The highest BCUT2D eigenvalue weighted by Crippen LogP contribution is 2.27. The molecule has 0 saturated carbocycles. The summed E-state index contributed by atoms with van der Waals surface area (Å²) >= 11 is 1.39. The van der Waals surface area contributed by atoms with Crippen LogP contribution in [0.15, 0.2) is 53.4 Å². The van der Waals surface area contributed by atoms with Crippen molar-refractivity contribution < 1.29 is 14.5 Å². The van der Waals surface area contributed by atoms with E-state index in [9.17, 15) is 19.7 Å². The van der Waals surface area contributed by atoms with Gasteiger partial charge >= 0.3 is 0 Å². The lowest BCUT2D eigenvalue weighted by atomic mass is 10.0. The molecule has 1 N–H and O–H groups in total. The first-order chi connectivity index (χ1) is 14.3. The molecule has 3 rings (SSSR count). The molecule has 0 radical (unpaired) electrons. The quantitative estimate of drug-likeness (QED) is 0.430. The molecule has 0 aromatic heterocycles. The monoisotopic (exact) mass is 427 g/mol. The van der Waals surface area contributed by atoms with Gasteiger partial charge in [0.05, 0.1) is 10.2 Å². The summed E-state index contributed by atoms with van der Waals surface area (Å²) in [6.45, 7) is 4.96. The van der Waals surface area contributed by atoms with Crippen molar-refractivity contribution in [2.45, 2.75) is 42.9 Å². The van der Waals surface area contributed by atoms with Gasteiger partial charge in [-0.3, -0.25) is 19.7 Å². The molecule has 0 bridgehead atoms. The smallest absolute Gasteiger partial charge is 0.269 e. The van der Waals surface area contributed by atoms with Crippen molar-refractivity contribution in [3.05, 3.63) is 69.8 Å². The Morgan fingerprint density at radius 1 is 1.13 bits per heavy atom. The van der Waals surface area contributed by atoms with E-state index in [1.165, 1.54) is 23.9 Å². The van der Waals surface area contributed by atoms with Gasteiger partial charge in [-0.15, -0.1) is 11.8 Å². The summed E-state index contributed by atoms with van der Waals surface area (Å²) in [5.41, 5.74) is 1.66. The number of nitro benzene ring substituents is 1. The molecule has 30 heavy (non-hydrogen) atoms. The summed E-state index contributed by atoms with van der Waals surface area (Å²) in [4.78, 5) is 38.2. The number of rotatable bonds is 6. The van der Waals surface area contributed by atoms with Gasteiger partial charge in [0, 0.05) is 41.7 Å². The fourth-order valence-corrected chi connectivity index (χ4v) is 4.44. The Morgan fingerprint density at radius 2 is 1.77 bits per heavy atom. The van der Waals surface area contributed by atoms with E-state index >= 15 is 0 Å². The molecule has 1 aliphatic heterocycles. The van der Waals surface area contributed by atoms with Gasteiger partial charge < -0.3 is 10.2 Å². The molecule has 1 atom stereocenters. The van der Waals surface area contributed by atoms with Gasteiger partial charge in [0.1, 0.15) is 0 Å². The van der Waals surface area contributed by atoms with Gasteiger partial charge in [-0.25, -0.2) is 0 Å². The van der Waals surface area contributed by atoms with Crippen LogP contribution in [-0.2, 0) is 4.79 Å². The van der Waals surface area contributed by atoms with Crippen molar-refractivity contribution in [1.82, 2.24) is 10.2 Å². The van der Waals surface area contributed by atoms with Crippen LogP contribution in [0.4, 0.5) is 5.69 Å². The Labute approximate surface area is 180 Å². The zero-order valence-electron chi connectivity index (χ0n) is 17.0. The van der Waals surface area contributed by atoms with Crippen molar-refractivity contribution in [2.24, 2.45) is 0 Å². The van der Waals surface area contributed by atoms with E-state index in [2.05, 4.69) is 5.32 Å². The number of carbonyl (C=O) groups excluding carboxylic acids is 2. The van der Waals surface area contributed by atoms with Gasteiger partial charge in [0.25, 0.3) is 11.6 Å². The van der Waals surface area contributed by atoms with Crippen LogP contribution in [0.25, 0.3) is 0 Å². The number of thioether (sulfide) groups is 1. The molecular formula is C22H25N3O4S. The largest absolute Gasteiger partial charge is 0.349 e. The maximum Gasteiger partial charge on any atom is 0.269 e. The minimum absolute atomic E-state index is 0.0353. The fourth-order valence-electron chi connectivity index (χ4n) is 3.49. The molecule has 8 heteroatoms. The number of carbonyl (C=O) groups is 2. The van der Waals surface area contributed by atoms with Crippen LogP contribution in [0.3, 0.4) is 0 Å². The van der Waals surface area contributed by atoms with Gasteiger partial charge in [-0.05, 0) is 50.5 Å². The first-order valence-corrected chi connectivity index (χ1v) is 10.8. The molecule has 1 unspecified atom stereocenters. The first kappa shape index (κ1) is 21.8. The lowest BCUT2D eigenvalue weighted by Gasteiger charge is -2.34. The summed E-state index contributed by atoms with van der Waals surface area (Å²) in [5.74, 6) is -0.0259. The second-order valence-corrected chi connectivity index (χ2v) is 8.81. The molecule has 2 amide bonds. The number of nitrogens with zero attached hydrogens (tertiary/aromatic N) is 2. The Morgan fingerprint density at radius 3 is 2.37 bits per heavy atom. The highest BCUT2D eigenvalue weighted by atomic mass is 32.2. The third-order valence-corrected chi connectivity index (χ3v) is 6.34. The van der Waals surface area contributed by atoms with Crippen LogP contribution in [0.1, 0.15) is 35.7 Å². The van der Waals surface area contributed by atoms with E-state index in [-0.39, 0.29) is 28.8 Å². The molecule has 158 valence electrons. The van der Waals surface area contributed by atoms with Crippen molar-refractivity contribution in [1.29, 1.82) is 0 Å². The Hall–Kier alpha value is -2.87. The number of likely N-dealkylation sites (tertiary alicyclic amines) is 1. The molecule has 1 aliphatic rings. The average Bonchev–Trinajstić information content (AvgIpc) is 2.74. The predicted octanol–water partition coefficient (Wildman–Crippen LogP) is 3.80. The maximum absolute atomic E-state index is 12.8. The van der Waals surface area contributed by atoms with E-state index in [4.69, 9.17) is 0 Å². The number of hydrogen-bond donors (Lipinski definition) is 1. The number of amides is 2. The van der Waals surface area contributed by atoms with Crippen LogP contribution in [0.2, 0.25) is 0 Å². The average molecular weight is 428 g/mol. The molecule has 1 saturated heterocycles. The van der Waals surface area contributed by atoms with E-state index < -0.39 is 4.92 Å². The van der Waals surface area contributed by atoms with Crippen molar-refractivity contribution in [3.8, 4) is 0 Å². The summed E-state index contributed by atoms with van der Waals surface area (Å²) in [6.07, 6.45) is 1.44. The van der Waals surface area contributed by atoms with Gasteiger partial charge in [0.2, 0.25) is 5.91 Å². The summed E-state index contributed by atoms with van der Waals surface area (Å²) in [6, 6.07) is 13.8. The molecule has 0 aliphatic carbocycles. The number of hydrogen-bond acceptors (Lipinski definition) is 5. The normalized spacial score (nSPS) is 15.5. The number of aryl methyl sites for hydroxylation is 1. The molecule has 2 aromatic rings. The van der Waals surface area contributed by atoms with Crippen LogP contribution in [0.5, 0.6) is 0 Å². The van der Waals surface area contributed by atoms with Crippen LogP contribution in [-0.4, -0.2) is 46.0 Å². The van der Waals surface area contributed by atoms with Crippen molar-refractivity contribution in [2.75, 3.05) is 13.1 Å². The fraction of sp³-hybridized carbons (Fsp3) is 0.364. The van der Waals surface area contributed by atoms with Crippen molar-refractivity contribution >= 4 is 29.3 Å². The molecule has 7 nitrogen and oxygen atoms in total. The highest BCUT2D eigenvalue weighted by Gasteiger charge is 2.27. The lowest BCUT2D eigenvalue weighted by Crippen LogP contribution is -2.48. The molecule has 0 spiro atoms. The minimum atomic E-state index is -0.439. The second kappa shape index (κ2) is 9.75. The molecular weight excluding hydrogens is 402 g/mol. The Balaban J connectivity index is 1.49. The van der Waals surface area contributed by atoms with E-state index in [1.54, 1.807) is 12.1 Å². The maximum atomic E-state index is 12.8. The Bertz CT molecular complexity index is 924. The summed E-state index contributed by atoms with van der Waals surface area (Å²) in [7, 11) is 0. The molecule has 1 fully saturated rings. The van der Waals surface area contributed by atoms with Crippen molar-refractivity contribution in [3.63, 3.8) is 0 Å². The van der Waals surface area contributed by atoms with Gasteiger partial charge in [-0.2, -0.15) is 0 Å². The van der Waals surface area contributed by atoms with Crippen LogP contribution < -0.4 is 5.32 Å². The number of benzene rings is 2. The number of nitrogens with one attached hydrogen (secondary N) is 1. The zero-order valence-corrected chi connectivity index (χ0v) is 17.9. The van der Waals surface area contributed by atoms with E-state index in [1.807, 2.05) is 43.0 Å². The third kappa shape index (κ3) is 5.38. The first-order valence-electron chi connectivity index (χ1n) is 9.91. The standard InChI is InChI=1S/C22H25N3O4S/c1-15-5-3-4-6-20(15)21(26)23-17-11-13-24(14-12-17)22(27)16(2)30-19-9-7-18(8-10-19)25(28)29/h3-10,16-17H,11-14H2,1-2H3,(H,23,26). The van der Waals surface area contributed by atoms with Crippen LogP contribution >= 0.6 is 11.8 Å². The molecule has 1 heterocycles. The summed E-state index contributed by atoms with van der Waals surface area (Å²) in [5, 5.41) is 13.5. The number of piperidine rings is 1. The number of non-ortho nitro benzene ring substituents is 1. The molecule has 2 aromatic carbocycles. The zero-order chi connectivity index (χ0) is 21.7. The third-order valence-electron chi connectivity index (χ3n) is 5.24. The topological polar surface area (TPSA) is 92.6 Å². The predicted molar refractivity (Wildman–Crippen MR) is 117 cm³/mol. The second-order valence-electron chi connectivity index (χ2n) is 7.40. The lowest BCUT2D eigenvalue weighted by molar-refractivity contribution is -0.384. The van der Waals surface area contributed by atoms with Gasteiger partial charge in [0.15, 0.2) is 0 Å². The van der Waals surface area contributed by atoms with Gasteiger partial charge in [-0.1, -0.05) is 18.2 Å².